The molecule has 3 saturated heterocycles. The Hall–Kier alpha value is -3.70. The monoisotopic (exact) mass is 607 g/mol. The number of likely N-dealkylation sites (tertiary alicyclic amines) is 3. The number of para-hydroxylation sites is 1. The van der Waals surface area contributed by atoms with Crippen LogP contribution in [0.4, 0.5) is 20.6 Å². The van der Waals surface area contributed by atoms with Gasteiger partial charge in [0.25, 0.3) is 0 Å². The van der Waals surface area contributed by atoms with E-state index in [2.05, 4.69) is 20.9 Å². The van der Waals surface area contributed by atoms with E-state index in [0.29, 0.717) is 44.5 Å². The van der Waals surface area contributed by atoms with E-state index in [0.717, 1.165) is 50.0 Å². The molecule has 3 aliphatic heterocycles. The molecule has 0 bridgehead atoms. The van der Waals surface area contributed by atoms with E-state index in [9.17, 15) is 18.8 Å². The zero-order chi connectivity index (χ0) is 30.9. The van der Waals surface area contributed by atoms with Crippen LogP contribution in [0.1, 0.15) is 56.9 Å². The number of anilines is 2. The third-order valence-corrected chi connectivity index (χ3v) is 9.25. The van der Waals surface area contributed by atoms with Crippen molar-refractivity contribution >= 4 is 29.2 Å². The van der Waals surface area contributed by atoms with Gasteiger partial charge in [0.2, 0.25) is 11.8 Å². The van der Waals surface area contributed by atoms with Crippen molar-refractivity contribution < 1.29 is 18.8 Å². The highest BCUT2D eigenvalue weighted by molar-refractivity contribution is 5.96. The second-order valence-electron chi connectivity index (χ2n) is 12.2. The highest BCUT2D eigenvalue weighted by Crippen LogP contribution is 2.22. The molecule has 5 N–H and O–H groups in total. The minimum atomic E-state index is -0.994. The molecule has 10 nitrogen and oxygen atoms in total. The van der Waals surface area contributed by atoms with Crippen molar-refractivity contribution in [1.29, 1.82) is 0 Å². The Morgan fingerprint density at radius 3 is 2.18 bits per heavy atom. The van der Waals surface area contributed by atoms with Gasteiger partial charge in [-0.15, -0.1) is 0 Å². The second-order valence-corrected chi connectivity index (χ2v) is 12.2. The van der Waals surface area contributed by atoms with Gasteiger partial charge in [0.05, 0.1) is 6.42 Å². The minimum absolute atomic E-state index is 0.111. The average molecular weight is 608 g/mol. The van der Waals surface area contributed by atoms with Gasteiger partial charge >= 0.3 is 6.03 Å². The average Bonchev–Trinajstić information content (AvgIpc) is 3.05. The molecule has 11 heteroatoms. The van der Waals surface area contributed by atoms with Crippen LogP contribution in [0.3, 0.4) is 0 Å². The van der Waals surface area contributed by atoms with Crippen molar-refractivity contribution in [1.82, 2.24) is 25.3 Å². The van der Waals surface area contributed by atoms with Crippen molar-refractivity contribution in [2.24, 2.45) is 0 Å². The minimum Gasteiger partial charge on any atom is -0.398 e. The molecular weight excluding hydrogens is 561 g/mol. The maximum Gasteiger partial charge on any atom is 0.319 e. The Morgan fingerprint density at radius 1 is 0.841 bits per heavy atom. The van der Waals surface area contributed by atoms with E-state index in [4.69, 9.17) is 5.73 Å². The first-order valence-electron chi connectivity index (χ1n) is 16.1. The Labute approximate surface area is 259 Å². The van der Waals surface area contributed by atoms with Gasteiger partial charge in [0.1, 0.15) is 11.9 Å². The van der Waals surface area contributed by atoms with Crippen LogP contribution in [0, 0.1) is 5.82 Å². The van der Waals surface area contributed by atoms with Crippen molar-refractivity contribution in [3.63, 3.8) is 0 Å². The SMILES string of the molecule is Nc1ccccc1CNC1CCN(C(=O)C[C@H](NC(=O)Nc2ccc(F)cc2)C(=O)N2CCC(N3CCCCC3)CC2)CC1. The normalized spacial score (nSPS) is 19.4. The van der Waals surface area contributed by atoms with Crippen LogP contribution in [0.2, 0.25) is 0 Å². The summed E-state index contributed by atoms with van der Waals surface area (Å²) in [4.78, 5) is 46.3. The summed E-state index contributed by atoms with van der Waals surface area (Å²) in [5.74, 6) is -0.799. The number of nitrogen functional groups attached to an aromatic ring is 1. The first-order valence-corrected chi connectivity index (χ1v) is 16.1. The zero-order valence-electron chi connectivity index (χ0n) is 25.5. The molecule has 0 unspecified atom stereocenters. The first kappa shape index (κ1) is 31.7. The Kier molecular flexibility index (Phi) is 11.1. The highest BCUT2D eigenvalue weighted by atomic mass is 19.1. The van der Waals surface area contributed by atoms with E-state index in [1.807, 2.05) is 24.3 Å². The second kappa shape index (κ2) is 15.3. The first-order chi connectivity index (χ1) is 21.4. The van der Waals surface area contributed by atoms with Gasteiger partial charge in [0, 0.05) is 56.2 Å². The number of carbonyl (C=O) groups is 3. The van der Waals surface area contributed by atoms with Gasteiger partial charge in [-0.3, -0.25) is 9.59 Å². The number of rotatable bonds is 9. The predicted molar refractivity (Wildman–Crippen MR) is 169 cm³/mol. The molecule has 0 spiro atoms. The molecule has 3 fully saturated rings. The topological polar surface area (TPSA) is 123 Å². The molecule has 0 radical (unpaired) electrons. The van der Waals surface area contributed by atoms with Gasteiger partial charge in [0.15, 0.2) is 0 Å². The smallest absolute Gasteiger partial charge is 0.319 e. The molecule has 1 atom stereocenters. The Balaban J connectivity index is 1.16. The van der Waals surface area contributed by atoms with Crippen LogP contribution in [-0.2, 0) is 16.1 Å². The summed E-state index contributed by atoms with van der Waals surface area (Å²) in [5, 5.41) is 8.97. The molecular formula is C33H46FN7O3. The summed E-state index contributed by atoms with van der Waals surface area (Å²) < 4.78 is 13.3. The van der Waals surface area contributed by atoms with E-state index in [1.165, 1.54) is 43.5 Å². The number of nitrogens with two attached hydrogens (primary N) is 1. The third-order valence-electron chi connectivity index (χ3n) is 9.25. The fraction of sp³-hybridized carbons (Fsp3) is 0.545. The number of halogens is 1. The predicted octanol–water partition coefficient (Wildman–Crippen LogP) is 3.55. The lowest BCUT2D eigenvalue weighted by Crippen LogP contribution is -2.55. The van der Waals surface area contributed by atoms with E-state index in [-0.39, 0.29) is 24.3 Å². The number of carbonyl (C=O) groups excluding carboxylic acids is 3. The fourth-order valence-electron chi connectivity index (χ4n) is 6.60. The lowest BCUT2D eigenvalue weighted by atomic mass is 9.99. The quantitative estimate of drug-likeness (QED) is 0.324. The standard InChI is InChI=1S/C33H46FN7O3/c34-25-8-10-27(11-9-25)37-33(44)38-30(32(43)41-20-14-28(15-21-41)39-16-4-1-5-17-39)22-31(42)40-18-12-26(13-19-40)36-23-24-6-2-3-7-29(24)35/h2-3,6-11,26,28,30,36H,1,4-5,12-23,35H2,(H2,37,38,44)/t30-/m0/s1. The summed E-state index contributed by atoms with van der Waals surface area (Å²) in [7, 11) is 0. The Morgan fingerprint density at radius 2 is 1.50 bits per heavy atom. The molecule has 5 rings (SSSR count). The summed E-state index contributed by atoms with van der Waals surface area (Å²) in [6.45, 7) is 5.27. The van der Waals surface area contributed by atoms with Gasteiger partial charge in [-0.25, -0.2) is 9.18 Å². The van der Waals surface area contributed by atoms with Gasteiger partial charge in [-0.05, 0) is 87.5 Å². The molecule has 4 amide bonds. The van der Waals surface area contributed by atoms with E-state index < -0.39 is 17.9 Å². The van der Waals surface area contributed by atoms with Crippen LogP contribution in [0.25, 0.3) is 0 Å². The summed E-state index contributed by atoms with van der Waals surface area (Å²) in [5.41, 5.74) is 8.28. The molecule has 0 aliphatic carbocycles. The lowest BCUT2D eigenvalue weighted by Gasteiger charge is -2.41. The molecule has 3 aliphatic rings. The number of amides is 4. The van der Waals surface area contributed by atoms with Crippen LogP contribution in [-0.4, -0.2) is 89.9 Å². The van der Waals surface area contributed by atoms with Crippen molar-refractivity contribution in [2.45, 2.75) is 76.0 Å². The molecule has 0 aromatic heterocycles. The molecule has 2 aromatic carbocycles. The zero-order valence-corrected chi connectivity index (χ0v) is 25.5. The number of piperidine rings is 3. The maximum atomic E-state index is 13.8. The van der Waals surface area contributed by atoms with Crippen LogP contribution in [0.5, 0.6) is 0 Å². The van der Waals surface area contributed by atoms with Crippen LogP contribution >= 0.6 is 0 Å². The highest BCUT2D eigenvalue weighted by Gasteiger charge is 2.34. The van der Waals surface area contributed by atoms with Crippen molar-refractivity contribution in [2.75, 3.05) is 50.3 Å². The van der Waals surface area contributed by atoms with Gasteiger partial charge in [-0.1, -0.05) is 24.6 Å². The molecule has 2 aromatic rings. The molecule has 238 valence electrons. The summed E-state index contributed by atoms with van der Waals surface area (Å²) in [6.07, 6.45) is 7.00. The third kappa shape index (κ3) is 8.69. The number of nitrogens with zero attached hydrogens (tertiary/aromatic N) is 3. The van der Waals surface area contributed by atoms with Crippen LogP contribution < -0.4 is 21.7 Å². The van der Waals surface area contributed by atoms with Gasteiger partial charge in [-0.2, -0.15) is 0 Å². The number of urea groups is 1. The Bertz CT molecular complexity index is 1250. The maximum absolute atomic E-state index is 13.8. The van der Waals surface area contributed by atoms with Crippen molar-refractivity contribution in [3.05, 3.63) is 59.9 Å². The summed E-state index contributed by atoms with van der Waals surface area (Å²) in [6, 6.07) is 12.3. The number of nitrogens with one attached hydrogen (secondary N) is 3. The van der Waals surface area contributed by atoms with Gasteiger partial charge < -0.3 is 36.4 Å². The van der Waals surface area contributed by atoms with E-state index in [1.54, 1.807) is 9.80 Å². The lowest BCUT2D eigenvalue weighted by molar-refractivity contribution is -0.140. The number of hydrogen-bond donors (Lipinski definition) is 4. The fourth-order valence-corrected chi connectivity index (χ4v) is 6.60. The number of hydrogen-bond acceptors (Lipinski definition) is 6. The molecule has 44 heavy (non-hydrogen) atoms. The number of benzene rings is 2. The van der Waals surface area contributed by atoms with E-state index >= 15 is 0 Å². The summed E-state index contributed by atoms with van der Waals surface area (Å²) >= 11 is 0. The van der Waals surface area contributed by atoms with Crippen molar-refractivity contribution in [3.8, 4) is 0 Å². The van der Waals surface area contributed by atoms with Crippen LogP contribution in [0.15, 0.2) is 48.5 Å². The molecule has 0 saturated carbocycles. The largest absolute Gasteiger partial charge is 0.398 e. The molecule has 3 heterocycles.